The summed E-state index contributed by atoms with van der Waals surface area (Å²) in [5, 5.41) is 0. The van der Waals surface area contributed by atoms with Gasteiger partial charge in [-0.05, 0) is 6.42 Å². The Hall–Kier alpha value is -2.18. The highest BCUT2D eigenvalue weighted by Gasteiger charge is 2.17. The van der Waals surface area contributed by atoms with Gasteiger partial charge in [-0.3, -0.25) is 4.79 Å². The Kier molecular flexibility index (Phi) is 5.72. The predicted molar refractivity (Wildman–Crippen MR) is 67.9 cm³/mol. The van der Waals surface area contributed by atoms with E-state index in [1.807, 2.05) is 0 Å². The van der Waals surface area contributed by atoms with Gasteiger partial charge < -0.3 is 14.4 Å². The Morgan fingerprint density at radius 3 is 2.53 bits per heavy atom. The van der Waals surface area contributed by atoms with Gasteiger partial charge in [0.25, 0.3) is 0 Å². The zero-order chi connectivity index (χ0) is 14.3. The van der Waals surface area contributed by atoms with Crippen molar-refractivity contribution in [1.29, 1.82) is 0 Å². The fraction of sp³-hybridized carbons (Fsp3) is 0.500. The maximum atomic E-state index is 11.5. The molecule has 0 bridgehead atoms. The molecule has 0 aliphatic rings. The summed E-state index contributed by atoms with van der Waals surface area (Å²) in [7, 11) is 4.41. The standard InChI is InChI=1S/C12H17N3O4/c1-15(8-4-5-9(16)18-2)11-10(12(17)19-3)13-6-7-14-11/h6-7H,4-5,8H2,1-3H3. The molecule has 0 spiro atoms. The number of carbonyl (C=O) groups excluding carboxylic acids is 2. The van der Waals surface area contributed by atoms with Gasteiger partial charge in [0.05, 0.1) is 14.2 Å². The fourth-order valence-electron chi connectivity index (χ4n) is 1.52. The molecule has 0 radical (unpaired) electrons. The van der Waals surface area contributed by atoms with Gasteiger partial charge in [0.1, 0.15) is 0 Å². The summed E-state index contributed by atoms with van der Waals surface area (Å²) >= 11 is 0. The second-order valence-corrected chi connectivity index (χ2v) is 3.82. The Bertz CT molecular complexity index is 450. The number of rotatable bonds is 6. The Morgan fingerprint density at radius 2 is 1.89 bits per heavy atom. The number of methoxy groups -OCH3 is 2. The highest BCUT2D eigenvalue weighted by molar-refractivity contribution is 5.92. The third-order valence-electron chi connectivity index (χ3n) is 2.52. The van der Waals surface area contributed by atoms with Crippen molar-refractivity contribution in [3.05, 3.63) is 18.1 Å². The second-order valence-electron chi connectivity index (χ2n) is 3.82. The molecule has 19 heavy (non-hydrogen) atoms. The monoisotopic (exact) mass is 267 g/mol. The number of ether oxygens (including phenoxy) is 2. The summed E-state index contributed by atoms with van der Waals surface area (Å²) in [5.41, 5.74) is 0.158. The Balaban J connectivity index is 2.68. The molecule has 0 atom stereocenters. The molecular formula is C12H17N3O4. The first-order valence-corrected chi connectivity index (χ1v) is 5.77. The summed E-state index contributed by atoms with van der Waals surface area (Å²) in [4.78, 5) is 32.4. The van der Waals surface area contributed by atoms with Gasteiger partial charge in [0.2, 0.25) is 0 Å². The van der Waals surface area contributed by atoms with Gasteiger partial charge in [-0.15, -0.1) is 0 Å². The van der Waals surface area contributed by atoms with Crippen LogP contribution in [0, 0.1) is 0 Å². The molecule has 0 N–H and O–H groups in total. The number of carbonyl (C=O) groups is 2. The van der Waals surface area contributed by atoms with Gasteiger partial charge in [0, 0.05) is 32.4 Å². The number of hydrogen-bond acceptors (Lipinski definition) is 7. The minimum absolute atomic E-state index is 0.158. The molecule has 104 valence electrons. The van der Waals surface area contributed by atoms with E-state index in [2.05, 4.69) is 19.4 Å². The number of aromatic nitrogens is 2. The van der Waals surface area contributed by atoms with Gasteiger partial charge in [0.15, 0.2) is 11.5 Å². The zero-order valence-corrected chi connectivity index (χ0v) is 11.3. The number of hydrogen-bond donors (Lipinski definition) is 0. The van der Waals surface area contributed by atoms with Crippen LogP contribution in [0.25, 0.3) is 0 Å². The first kappa shape index (κ1) is 14.9. The van der Waals surface area contributed by atoms with E-state index in [-0.39, 0.29) is 11.7 Å². The molecule has 0 aromatic carbocycles. The molecule has 1 heterocycles. The van der Waals surface area contributed by atoms with Gasteiger partial charge >= 0.3 is 11.9 Å². The summed E-state index contributed by atoms with van der Waals surface area (Å²) < 4.78 is 9.20. The maximum Gasteiger partial charge on any atom is 0.360 e. The maximum absolute atomic E-state index is 11.5. The summed E-state index contributed by atoms with van der Waals surface area (Å²) in [6.07, 6.45) is 3.84. The van der Waals surface area contributed by atoms with Gasteiger partial charge in [-0.2, -0.15) is 0 Å². The van der Waals surface area contributed by atoms with Crippen molar-refractivity contribution in [3.63, 3.8) is 0 Å². The highest BCUT2D eigenvalue weighted by Crippen LogP contribution is 2.14. The first-order valence-electron chi connectivity index (χ1n) is 5.77. The third kappa shape index (κ3) is 4.20. The van der Waals surface area contributed by atoms with Crippen molar-refractivity contribution in [1.82, 2.24) is 9.97 Å². The Morgan fingerprint density at radius 1 is 1.21 bits per heavy atom. The van der Waals surface area contributed by atoms with E-state index in [0.717, 1.165) is 0 Å². The molecular weight excluding hydrogens is 250 g/mol. The molecule has 7 heteroatoms. The highest BCUT2D eigenvalue weighted by atomic mass is 16.5. The molecule has 0 aliphatic carbocycles. The average Bonchev–Trinajstić information content (AvgIpc) is 2.45. The van der Waals surface area contributed by atoms with Crippen LogP contribution < -0.4 is 4.90 Å². The normalized spacial score (nSPS) is 9.84. The average molecular weight is 267 g/mol. The van der Waals surface area contributed by atoms with Gasteiger partial charge in [-0.25, -0.2) is 14.8 Å². The van der Waals surface area contributed by atoms with Crippen LogP contribution in [0.5, 0.6) is 0 Å². The van der Waals surface area contributed by atoms with E-state index in [4.69, 9.17) is 0 Å². The van der Waals surface area contributed by atoms with Crippen molar-refractivity contribution in [3.8, 4) is 0 Å². The largest absolute Gasteiger partial charge is 0.469 e. The van der Waals surface area contributed by atoms with Crippen LogP contribution in [-0.2, 0) is 14.3 Å². The van der Waals surface area contributed by atoms with E-state index in [0.29, 0.717) is 25.2 Å². The quantitative estimate of drug-likeness (QED) is 0.700. The summed E-state index contributed by atoms with van der Waals surface area (Å²) in [5.74, 6) is -0.372. The van der Waals surface area contributed by atoms with Crippen LogP contribution in [-0.4, -0.2) is 49.7 Å². The van der Waals surface area contributed by atoms with E-state index in [9.17, 15) is 9.59 Å². The molecule has 0 saturated carbocycles. The SMILES string of the molecule is COC(=O)CCCN(C)c1nccnc1C(=O)OC. The third-order valence-corrected chi connectivity index (χ3v) is 2.52. The van der Waals surface area contributed by atoms with E-state index in [1.54, 1.807) is 11.9 Å². The van der Waals surface area contributed by atoms with E-state index in [1.165, 1.54) is 26.6 Å². The lowest BCUT2D eigenvalue weighted by molar-refractivity contribution is -0.140. The van der Waals surface area contributed by atoms with Crippen LogP contribution in [0.4, 0.5) is 5.82 Å². The van der Waals surface area contributed by atoms with E-state index >= 15 is 0 Å². The molecule has 0 amide bonds. The smallest absolute Gasteiger partial charge is 0.360 e. The zero-order valence-electron chi connectivity index (χ0n) is 11.3. The van der Waals surface area contributed by atoms with E-state index < -0.39 is 5.97 Å². The molecule has 1 rings (SSSR count). The number of esters is 2. The molecule has 0 aliphatic heterocycles. The molecule has 0 saturated heterocycles. The molecule has 1 aromatic rings. The lowest BCUT2D eigenvalue weighted by Gasteiger charge is -2.19. The molecule has 0 fully saturated rings. The molecule has 0 unspecified atom stereocenters. The number of nitrogens with zero attached hydrogens (tertiary/aromatic N) is 3. The lowest BCUT2D eigenvalue weighted by atomic mass is 10.3. The van der Waals surface area contributed by atoms with Gasteiger partial charge in [-0.1, -0.05) is 0 Å². The van der Waals surface area contributed by atoms with Crippen molar-refractivity contribution in [2.24, 2.45) is 0 Å². The minimum Gasteiger partial charge on any atom is -0.469 e. The summed E-state index contributed by atoms with van der Waals surface area (Å²) in [6.45, 7) is 0.553. The topological polar surface area (TPSA) is 81.6 Å². The molecule has 1 aromatic heterocycles. The predicted octanol–water partition coefficient (Wildman–Crippen LogP) is 0.653. The first-order chi connectivity index (χ1) is 9.10. The minimum atomic E-state index is -0.539. The van der Waals surface area contributed by atoms with Crippen LogP contribution in [0.1, 0.15) is 23.3 Å². The van der Waals surface area contributed by atoms with Crippen LogP contribution in [0.3, 0.4) is 0 Å². The van der Waals surface area contributed by atoms with Crippen molar-refractivity contribution >= 4 is 17.8 Å². The fourth-order valence-corrected chi connectivity index (χ4v) is 1.52. The van der Waals surface area contributed by atoms with Crippen molar-refractivity contribution in [2.45, 2.75) is 12.8 Å². The van der Waals surface area contributed by atoms with Crippen LogP contribution in [0.15, 0.2) is 12.4 Å². The Labute approximate surface area is 111 Å². The second kappa shape index (κ2) is 7.30. The van der Waals surface area contributed by atoms with Crippen LogP contribution >= 0.6 is 0 Å². The lowest BCUT2D eigenvalue weighted by Crippen LogP contribution is -2.24. The van der Waals surface area contributed by atoms with Crippen molar-refractivity contribution < 1.29 is 19.1 Å². The van der Waals surface area contributed by atoms with Crippen molar-refractivity contribution in [2.75, 3.05) is 32.7 Å². The number of anilines is 1. The molecule has 7 nitrogen and oxygen atoms in total. The van der Waals surface area contributed by atoms with Crippen LogP contribution in [0.2, 0.25) is 0 Å². The summed E-state index contributed by atoms with van der Waals surface area (Å²) in [6, 6.07) is 0.